The highest BCUT2D eigenvalue weighted by Crippen LogP contribution is 2.15. The smallest absolute Gasteiger partial charge is 0.119 e. The van der Waals surface area contributed by atoms with Crippen molar-refractivity contribution in [3.05, 3.63) is 65.7 Å². The van der Waals surface area contributed by atoms with Crippen molar-refractivity contribution in [1.29, 1.82) is 0 Å². The van der Waals surface area contributed by atoms with Crippen LogP contribution in [-0.2, 0) is 6.61 Å². The van der Waals surface area contributed by atoms with Gasteiger partial charge in [0.15, 0.2) is 0 Å². The second-order valence-corrected chi connectivity index (χ2v) is 4.88. The molecule has 3 heteroatoms. The summed E-state index contributed by atoms with van der Waals surface area (Å²) in [6.07, 6.45) is 0. The summed E-state index contributed by atoms with van der Waals surface area (Å²) >= 11 is 5.31. The minimum atomic E-state index is 0.582. The average molecular weight is 271 g/mol. The zero-order chi connectivity index (χ0) is 13.7. The van der Waals surface area contributed by atoms with Crippen molar-refractivity contribution >= 4 is 17.2 Å². The molecule has 0 N–H and O–H groups in total. The van der Waals surface area contributed by atoms with E-state index in [0.717, 1.165) is 21.9 Å². The molecular weight excluding hydrogens is 254 g/mol. The zero-order valence-electron chi connectivity index (χ0n) is 11.2. The van der Waals surface area contributed by atoms with Gasteiger partial charge < -0.3 is 9.64 Å². The molecule has 0 amide bonds. The van der Waals surface area contributed by atoms with Crippen LogP contribution in [0.4, 0.5) is 0 Å². The van der Waals surface area contributed by atoms with E-state index in [1.807, 2.05) is 61.5 Å². The standard InChI is InChI=1S/C16H17NOS/c1-17(2)16(19)14-8-10-15(11-9-14)18-12-13-6-4-3-5-7-13/h3-11H,12H2,1-2H3. The van der Waals surface area contributed by atoms with E-state index < -0.39 is 0 Å². The first-order chi connectivity index (χ1) is 9.16. The molecule has 0 bridgehead atoms. The summed E-state index contributed by atoms with van der Waals surface area (Å²) in [6.45, 7) is 0.582. The quantitative estimate of drug-likeness (QED) is 0.790. The van der Waals surface area contributed by atoms with Crippen LogP contribution in [0.5, 0.6) is 5.75 Å². The summed E-state index contributed by atoms with van der Waals surface area (Å²) in [4.78, 5) is 2.75. The molecule has 2 nitrogen and oxygen atoms in total. The van der Waals surface area contributed by atoms with Gasteiger partial charge in [0, 0.05) is 19.7 Å². The van der Waals surface area contributed by atoms with Crippen LogP contribution in [0.25, 0.3) is 0 Å². The van der Waals surface area contributed by atoms with Gasteiger partial charge in [-0.15, -0.1) is 0 Å². The van der Waals surface area contributed by atoms with E-state index in [1.54, 1.807) is 0 Å². The van der Waals surface area contributed by atoms with Gasteiger partial charge in [0.25, 0.3) is 0 Å². The Hall–Kier alpha value is -1.87. The minimum absolute atomic E-state index is 0.582. The molecule has 0 aliphatic rings. The topological polar surface area (TPSA) is 12.5 Å². The molecule has 0 heterocycles. The predicted octanol–water partition coefficient (Wildman–Crippen LogP) is 3.50. The van der Waals surface area contributed by atoms with Gasteiger partial charge in [-0.05, 0) is 29.8 Å². The van der Waals surface area contributed by atoms with Crippen LogP contribution in [-0.4, -0.2) is 24.0 Å². The van der Waals surface area contributed by atoms with E-state index >= 15 is 0 Å². The summed E-state index contributed by atoms with van der Waals surface area (Å²) in [7, 11) is 3.89. The van der Waals surface area contributed by atoms with Crippen LogP contribution < -0.4 is 4.74 Å². The lowest BCUT2D eigenvalue weighted by atomic mass is 10.2. The Morgan fingerprint density at radius 1 is 1.00 bits per heavy atom. The van der Waals surface area contributed by atoms with E-state index in [2.05, 4.69) is 12.1 Å². The van der Waals surface area contributed by atoms with Gasteiger partial charge in [-0.25, -0.2) is 0 Å². The molecule has 0 spiro atoms. The first-order valence-corrected chi connectivity index (χ1v) is 6.56. The molecule has 0 fully saturated rings. The number of hydrogen-bond acceptors (Lipinski definition) is 2. The Morgan fingerprint density at radius 2 is 1.63 bits per heavy atom. The van der Waals surface area contributed by atoms with Crippen LogP contribution in [0.3, 0.4) is 0 Å². The molecule has 0 unspecified atom stereocenters. The Morgan fingerprint density at radius 3 is 2.21 bits per heavy atom. The Kier molecular flexibility index (Phi) is 4.53. The van der Waals surface area contributed by atoms with Crippen LogP contribution in [0.2, 0.25) is 0 Å². The van der Waals surface area contributed by atoms with Crippen LogP contribution >= 0.6 is 12.2 Å². The summed E-state index contributed by atoms with van der Waals surface area (Å²) in [6, 6.07) is 18.0. The molecule has 2 aromatic carbocycles. The number of nitrogens with zero attached hydrogens (tertiary/aromatic N) is 1. The number of hydrogen-bond donors (Lipinski definition) is 0. The summed E-state index contributed by atoms with van der Waals surface area (Å²) < 4.78 is 5.73. The highest BCUT2D eigenvalue weighted by atomic mass is 32.1. The Labute approximate surface area is 119 Å². The first kappa shape index (κ1) is 13.6. The van der Waals surface area contributed by atoms with Gasteiger partial charge in [0.05, 0.1) is 0 Å². The summed E-state index contributed by atoms with van der Waals surface area (Å²) in [5.74, 6) is 0.856. The monoisotopic (exact) mass is 271 g/mol. The van der Waals surface area contributed by atoms with E-state index in [1.165, 1.54) is 0 Å². The second kappa shape index (κ2) is 6.34. The number of thiocarbonyl (C=S) groups is 1. The normalized spacial score (nSPS) is 10.0. The van der Waals surface area contributed by atoms with Gasteiger partial charge in [0.2, 0.25) is 0 Å². The van der Waals surface area contributed by atoms with E-state index in [0.29, 0.717) is 6.61 Å². The van der Waals surface area contributed by atoms with E-state index in [9.17, 15) is 0 Å². The van der Waals surface area contributed by atoms with Crippen molar-refractivity contribution in [2.75, 3.05) is 14.1 Å². The third kappa shape index (κ3) is 3.80. The molecule has 0 radical (unpaired) electrons. The fraction of sp³-hybridized carbons (Fsp3) is 0.188. The third-order valence-electron chi connectivity index (χ3n) is 2.76. The molecular formula is C16H17NOS. The van der Waals surface area contributed by atoms with Crippen molar-refractivity contribution in [3.63, 3.8) is 0 Å². The van der Waals surface area contributed by atoms with Crippen molar-refractivity contribution in [1.82, 2.24) is 4.90 Å². The number of benzene rings is 2. The fourth-order valence-corrected chi connectivity index (χ4v) is 1.83. The second-order valence-electron chi connectivity index (χ2n) is 4.50. The van der Waals surface area contributed by atoms with Crippen molar-refractivity contribution in [2.45, 2.75) is 6.61 Å². The maximum Gasteiger partial charge on any atom is 0.119 e. The maximum absolute atomic E-state index is 5.73. The number of ether oxygens (including phenoxy) is 1. The number of rotatable bonds is 4. The molecule has 98 valence electrons. The molecule has 0 aliphatic carbocycles. The fourth-order valence-electron chi connectivity index (χ4n) is 1.69. The van der Waals surface area contributed by atoms with Gasteiger partial charge in [-0.3, -0.25) is 0 Å². The highest BCUT2D eigenvalue weighted by Gasteiger charge is 2.03. The van der Waals surface area contributed by atoms with Crippen LogP contribution in [0.1, 0.15) is 11.1 Å². The third-order valence-corrected chi connectivity index (χ3v) is 3.36. The van der Waals surface area contributed by atoms with E-state index in [-0.39, 0.29) is 0 Å². The molecule has 0 saturated heterocycles. The van der Waals surface area contributed by atoms with Crippen molar-refractivity contribution in [3.8, 4) is 5.75 Å². The molecule has 0 aliphatic heterocycles. The molecule has 19 heavy (non-hydrogen) atoms. The van der Waals surface area contributed by atoms with Gasteiger partial charge in [-0.2, -0.15) is 0 Å². The van der Waals surface area contributed by atoms with Crippen molar-refractivity contribution < 1.29 is 4.74 Å². The molecule has 0 saturated carbocycles. The molecule has 2 rings (SSSR count). The lowest BCUT2D eigenvalue weighted by Gasteiger charge is -2.14. The maximum atomic E-state index is 5.73. The van der Waals surface area contributed by atoms with Crippen LogP contribution in [0.15, 0.2) is 54.6 Å². The van der Waals surface area contributed by atoms with Crippen LogP contribution in [0, 0.1) is 0 Å². The van der Waals surface area contributed by atoms with Gasteiger partial charge in [-0.1, -0.05) is 42.5 Å². The summed E-state index contributed by atoms with van der Waals surface area (Å²) in [5.41, 5.74) is 2.20. The summed E-state index contributed by atoms with van der Waals surface area (Å²) in [5, 5.41) is 0. The average Bonchev–Trinajstić information content (AvgIpc) is 2.46. The highest BCUT2D eigenvalue weighted by molar-refractivity contribution is 7.80. The zero-order valence-corrected chi connectivity index (χ0v) is 12.0. The largest absolute Gasteiger partial charge is 0.489 e. The van der Waals surface area contributed by atoms with Gasteiger partial charge in [0.1, 0.15) is 17.3 Å². The van der Waals surface area contributed by atoms with Gasteiger partial charge >= 0.3 is 0 Å². The molecule has 0 aromatic heterocycles. The Balaban J connectivity index is 1.98. The lowest BCUT2D eigenvalue weighted by Crippen LogP contribution is -2.20. The Bertz CT molecular complexity index is 534. The first-order valence-electron chi connectivity index (χ1n) is 6.15. The molecule has 2 aromatic rings. The predicted molar refractivity (Wildman–Crippen MR) is 82.6 cm³/mol. The minimum Gasteiger partial charge on any atom is -0.489 e. The molecule has 0 atom stereocenters. The van der Waals surface area contributed by atoms with Crippen molar-refractivity contribution in [2.24, 2.45) is 0 Å². The van der Waals surface area contributed by atoms with E-state index in [4.69, 9.17) is 17.0 Å². The SMILES string of the molecule is CN(C)C(=S)c1ccc(OCc2ccccc2)cc1. The lowest BCUT2D eigenvalue weighted by molar-refractivity contribution is 0.306.